The van der Waals surface area contributed by atoms with Gasteiger partial charge in [-0.05, 0) is 25.2 Å². The van der Waals surface area contributed by atoms with Gasteiger partial charge in [0.05, 0.1) is 0 Å². The van der Waals surface area contributed by atoms with Crippen molar-refractivity contribution in [2.24, 2.45) is 11.8 Å². The predicted molar refractivity (Wildman–Crippen MR) is 69.1 cm³/mol. The van der Waals surface area contributed by atoms with E-state index in [0.717, 1.165) is 32.1 Å². The number of aliphatic hydroxyl groups excluding tert-OH is 1. The summed E-state index contributed by atoms with van der Waals surface area (Å²) in [5.74, 6) is 0.543. The van der Waals surface area contributed by atoms with Crippen molar-refractivity contribution < 1.29 is 14.6 Å². The van der Waals surface area contributed by atoms with Gasteiger partial charge in [-0.1, -0.05) is 26.2 Å². The molecule has 0 aromatic carbocycles. The van der Waals surface area contributed by atoms with Gasteiger partial charge in [-0.2, -0.15) is 0 Å². The van der Waals surface area contributed by atoms with Crippen molar-refractivity contribution in [3.05, 3.63) is 0 Å². The molecule has 2 aliphatic rings. The molecule has 2 N–H and O–H groups in total. The minimum atomic E-state index is -0.285. The van der Waals surface area contributed by atoms with E-state index in [-0.39, 0.29) is 30.6 Å². The van der Waals surface area contributed by atoms with Crippen molar-refractivity contribution in [3.63, 3.8) is 0 Å². The third-order valence-corrected chi connectivity index (χ3v) is 4.37. The van der Waals surface area contributed by atoms with Gasteiger partial charge in [0.15, 0.2) is 0 Å². The quantitative estimate of drug-likeness (QED) is 0.751. The van der Waals surface area contributed by atoms with E-state index < -0.39 is 0 Å². The fourth-order valence-electron chi connectivity index (χ4n) is 3.09. The molecule has 0 bridgehead atoms. The van der Waals surface area contributed by atoms with Gasteiger partial charge in [-0.15, -0.1) is 0 Å². The van der Waals surface area contributed by atoms with Crippen molar-refractivity contribution in [2.45, 2.75) is 57.6 Å². The normalized spacial score (nSPS) is 37.2. The number of hydrogen-bond acceptors (Lipinski definition) is 3. The average molecular weight is 255 g/mol. The van der Waals surface area contributed by atoms with E-state index in [1.165, 1.54) is 6.42 Å². The summed E-state index contributed by atoms with van der Waals surface area (Å²) in [5.41, 5.74) is 0. The zero-order chi connectivity index (χ0) is 13.0. The molecule has 0 aromatic rings. The Kier molecular flexibility index (Phi) is 5.01. The molecule has 2 rings (SSSR count). The molecule has 0 spiro atoms. The van der Waals surface area contributed by atoms with Crippen LogP contribution in [0.1, 0.15) is 45.4 Å². The van der Waals surface area contributed by atoms with E-state index in [9.17, 15) is 9.90 Å². The van der Waals surface area contributed by atoms with Gasteiger partial charge in [0.1, 0.15) is 6.10 Å². The Labute approximate surface area is 109 Å². The Hall–Kier alpha value is -0.610. The maximum absolute atomic E-state index is 12.2. The van der Waals surface area contributed by atoms with Crippen LogP contribution in [0.15, 0.2) is 0 Å². The molecule has 4 unspecified atom stereocenters. The summed E-state index contributed by atoms with van der Waals surface area (Å²) in [5, 5.41) is 12.5. The van der Waals surface area contributed by atoms with Gasteiger partial charge < -0.3 is 15.2 Å². The van der Waals surface area contributed by atoms with Crippen LogP contribution in [0.2, 0.25) is 0 Å². The first-order chi connectivity index (χ1) is 8.72. The van der Waals surface area contributed by atoms with Crippen LogP contribution >= 0.6 is 0 Å². The lowest BCUT2D eigenvalue weighted by atomic mass is 9.94. The lowest BCUT2D eigenvalue weighted by Gasteiger charge is -2.26. The molecule has 104 valence electrons. The molecule has 4 nitrogen and oxygen atoms in total. The molecular formula is C14H25NO3. The fraction of sp³-hybridized carbons (Fsp3) is 0.929. The maximum Gasteiger partial charge on any atom is 0.249 e. The summed E-state index contributed by atoms with van der Waals surface area (Å²) in [4.78, 5) is 12.2. The monoisotopic (exact) mass is 255 g/mol. The number of carbonyl (C=O) groups is 1. The van der Waals surface area contributed by atoms with E-state index in [2.05, 4.69) is 12.2 Å². The number of nitrogens with one attached hydrogen (secondary N) is 1. The minimum absolute atomic E-state index is 0.0188. The van der Waals surface area contributed by atoms with E-state index in [4.69, 9.17) is 4.74 Å². The smallest absolute Gasteiger partial charge is 0.249 e. The second-order valence-corrected chi connectivity index (χ2v) is 5.75. The molecular weight excluding hydrogens is 230 g/mol. The number of rotatable bonds is 3. The third kappa shape index (κ3) is 3.23. The first kappa shape index (κ1) is 13.8. The standard InChI is InChI=1S/C14H25NO3/c1-10-7-8-18-13(10)14(17)15-12-6-4-2-3-5-11(12)9-16/h10-13,16H,2-9H2,1H3,(H,15,17). The maximum atomic E-state index is 12.2. The van der Waals surface area contributed by atoms with Gasteiger partial charge in [-0.25, -0.2) is 0 Å². The van der Waals surface area contributed by atoms with Gasteiger partial charge in [-0.3, -0.25) is 4.79 Å². The van der Waals surface area contributed by atoms with Crippen LogP contribution in [-0.2, 0) is 9.53 Å². The average Bonchev–Trinajstić information content (AvgIpc) is 2.66. The molecule has 1 saturated heterocycles. The molecule has 18 heavy (non-hydrogen) atoms. The van der Waals surface area contributed by atoms with Crippen LogP contribution in [0, 0.1) is 11.8 Å². The zero-order valence-electron chi connectivity index (χ0n) is 11.2. The molecule has 1 aliphatic carbocycles. The molecule has 1 heterocycles. The molecule has 0 aromatic heterocycles. The lowest BCUT2D eigenvalue weighted by Crippen LogP contribution is -2.46. The van der Waals surface area contributed by atoms with Crippen LogP contribution in [-0.4, -0.2) is 36.4 Å². The summed E-state index contributed by atoms with van der Waals surface area (Å²) >= 11 is 0. The van der Waals surface area contributed by atoms with E-state index in [0.29, 0.717) is 12.5 Å². The molecule has 1 saturated carbocycles. The second kappa shape index (κ2) is 6.53. The predicted octanol–water partition coefficient (Wildman–Crippen LogP) is 1.47. The number of amides is 1. The van der Waals surface area contributed by atoms with Crippen molar-refractivity contribution in [1.29, 1.82) is 0 Å². The Balaban J connectivity index is 1.91. The van der Waals surface area contributed by atoms with E-state index in [1.54, 1.807) is 0 Å². The highest BCUT2D eigenvalue weighted by atomic mass is 16.5. The highest BCUT2D eigenvalue weighted by Gasteiger charge is 2.33. The molecule has 2 fully saturated rings. The highest BCUT2D eigenvalue weighted by Crippen LogP contribution is 2.25. The zero-order valence-corrected chi connectivity index (χ0v) is 11.2. The largest absolute Gasteiger partial charge is 0.396 e. The number of ether oxygens (including phenoxy) is 1. The Bertz CT molecular complexity index is 282. The third-order valence-electron chi connectivity index (χ3n) is 4.37. The van der Waals surface area contributed by atoms with Crippen molar-refractivity contribution in [2.75, 3.05) is 13.2 Å². The van der Waals surface area contributed by atoms with Gasteiger partial charge in [0.2, 0.25) is 5.91 Å². The van der Waals surface area contributed by atoms with Crippen LogP contribution in [0.25, 0.3) is 0 Å². The van der Waals surface area contributed by atoms with Crippen LogP contribution in [0.3, 0.4) is 0 Å². The van der Waals surface area contributed by atoms with Gasteiger partial charge in [0.25, 0.3) is 0 Å². The van der Waals surface area contributed by atoms with Crippen LogP contribution in [0.4, 0.5) is 0 Å². The first-order valence-corrected chi connectivity index (χ1v) is 7.25. The number of carbonyl (C=O) groups excluding carboxylic acids is 1. The van der Waals surface area contributed by atoms with E-state index >= 15 is 0 Å². The molecule has 4 atom stereocenters. The molecule has 4 heteroatoms. The second-order valence-electron chi connectivity index (χ2n) is 5.75. The summed E-state index contributed by atoms with van der Waals surface area (Å²) in [6.07, 6.45) is 6.19. The Morgan fingerprint density at radius 2 is 2.06 bits per heavy atom. The molecule has 1 aliphatic heterocycles. The molecule has 0 radical (unpaired) electrons. The topological polar surface area (TPSA) is 58.6 Å². The fourth-order valence-corrected chi connectivity index (χ4v) is 3.09. The number of hydrogen-bond donors (Lipinski definition) is 2. The summed E-state index contributed by atoms with van der Waals surface area (Å²) in [7, 11) is 0. The Morgan fingerprint density at radius 3 is 2.72 bits per heavy atom. The van der Waals surface area contributed by atoms with Crippen molar-refractivity contribution in [1.82, 2.24) is 5.32 Å². The SMILES string of the molecule is CC1CCOC1C(=O)NC1CCCCCC1CO. The summed E-state index contributed by atoms with van der Waals surface area (Å²) in [6, 6.07) is 0.126. The van der Waals surface area contributed by atoms with Crippen molar-refractivity contribution in [3.8, 4) is 0 Å². The van der Waals surface area contributed by atoms with Crippen LogP contribution < -0.4 is 5.32 Å². The highest BCUT2D eigenvalue weighted by molar-refractivity contribution is 5.81. The lowest BCUT2D eigenvalue weighted by molar-refractivity contribution is -0.132. The van der Waals surface area contributed by atoms with Gasteiger partial charge >= 0.3 is 0 Å². The molecule has 1 amide bonds. The van der Waals surface area contributed by atoms with Crippen LogP contribution in [0.5, 0.6) is 0 Å². The minimum Gasteiger partial charge on any atom is -0.396 e. The van der Waals surface area contributed by atoms with Crippen molar-refractivity contribution >= 4 is 5.91 Å². The van der Waals surface area contributed by atoms with Gasteiger partial charge in [0, 0.05) is 25.2 Å². The van der Waals surface area contributed by atoms with E-state index in [1.807, 2.05) is 0 Å². The first-order valence-electron chi connectivity index (χ1n) is 7.25. The summed E-state index contributed by atoms with van der Waals surface area (Å²) < 4.78 is 5.49. The summed E-state index contributed by atoms with van der Waals surface area (Å²) in [6.45, 7) is 2.92. The number of aliphatic hydroxyl groups is 1. The Morgan fingerprint density at radius 1 is 1.28 bits per heavy atom.